The van der Waals surface area contributed by atoms with E-state index in [1.165, 1.54) is 15.0 Å². The number of anilines is 2. The van der Waals surface area contributed by atoms with E-state index in [-0.39, 0.29) is 29.9 Å². The van der Waals surface area contributed by atoms with Gasteiger partial charge in [0.15, 0.2) is 5.69 Å². The van der Waals surface area contributed by atoms with Gasteiger partial charge in [-0.2, -0.15) is 0 Å². The first-order valence-electron chi connectivity index (χ1n) is 12.9. The third kappa shape index (κ3) is 7.41. The number of carbonyl (C=O) groups is 1. The van der Waals surface area contributed by atoms with Crippen molar-refractivity contribution in [3.05, 3.63) is 62.8 Å². The minimum Gasteiger partial charge on any atom is -0.383 e. The zero-order valence-electron chi connectivity index (χ0n) is 21.8. The number of amides is 1. The number of nitrogen functional groups attached to an aromatic ring is 1. The summed E-state index contributed by atoms with van der Waals surface area (Å²) in [5, 5.41) is 0. The minimum absolute atomic E-state index is 0.0527. The maximum atomic E-state index is 13.4. The van der Waals surface area contributed by atoms with E-state index in [1.807, 2.05) is 39.0 Å². The molecule has 196 valence electrons. The van der Waals surface area contributed by atoms with Crippen LogP contribution in [0.3, 0.4) is 0 Å². The van der Waals surface area contributed by atoms with Crippen LogP contribution in [-0.4, -0.2) is 71.1 Å². The molecule has 0 spiro atoms. The van der Waals surface area contributed by atoms with E-state index in [9.17, 15) is 14.4 Å². The monoisotopic (exact) mass is 496 g/mol. The molecule has 2 aromatic rings. The van der Waals surface area contributed by atoms with Crippen molar-refractivity contribution in [2.45, 2.75) is 40.2 Å². The van der Waals surface area contributed by atoms with E-state index in [1.54, 1.807) is 0 Å². The first kappa shape index (κ1) is 27.4. The molecule has 0 saturated carbocycles. The van der Waals surface area contributed by atoms with Crippen molar-refractivity contribution >= 4 is 23.5 Å². The fourth-order valence-electron chi connectivity index (χ4n) is 4.37. The van der Waals surface area contributed by atoms with Gasteiger partial charge in [0.25, 0.3) is 5.56 Å². The zero-order valence-corrected chi connectivity index (χ0v) is 21.8. The Morgan fingerprint density at radius 3 is 2.42 bits per heavy atom. The number of hydrogen-bond donors (Lipinski definition) is 2. The predicted octanol–water partition coefficient (Wildman–Crippen LogP) is 2.24. The molecule has 0 radical (unpaired) electrons. The summed E-state index contributed by atoms with van der Waals surface area (Å²) in [4.78, 5) is 46.9. The highest BCUT2D eigenvalue weighted by Gasteiger charge is 2.26. The van der Waals surface area contributed by atoms with Crippen molar-refractivity contribution in [3.63, 3.8) is 0 Å². The molecule has 0 atom stereocenters. The summed E-state index contributed by atoms with van der Waals surface area (Å²) in [7, 11) is 0. The highest BCUT2D eigenvalue weighted by Crippen LogP contribution is 2.19. The van der Waals surface area contributed by atoms with Crippen LogP contribution in [0.2, 0.25) is 0 Å². The molecule has 1 aromatic carbocycles. The SMILES string of the molecule is CCCCN(C(=O)CN1CCN(C/C=C/c2ccccc2)CC1)c1c(N)n(CC(C)C)c(=O)[nH]c1=O. The van der Waals surface area contributed by atoms with Gasteiger partial charge >= 0.3 is 5.69 Å². The molecule has 1 saturated heterocycles. The number of nitrogens with zero attached hydrogens (tertiary/aromatic N) is 4. The Bertz CT molecular complexity index is 1130. The summed E-state index contributed by atoms with van der Waals surface area (Å²) in [6, 6.07) is 10.2. The maximum absolute atomic E-state index is 13.4. The van der Waals surface area contributed by atoms with Gasteiger partial charge in [0.2, 0.25) is 5.91 Å². The van der Waals surface area contributed by atoms with E-state index in [0.717, 1.165) is 45.6 Å². The number of hydrogen-bond acceptors (Lipinski definition) is 6. The summed E-state index contributed by atoms with van der Waals surface area (Å²) in [6.07, 6.45) is 5.89. The fraction of sp³-hybridized carbons (Fsp3) is 0.519. The van der Waals surface area contributed by atoms with Gasteiger partial charge in [0.05, 0.1) is 6.54 Å². The Kier molecular flexibility index (Phi) is 10.1. The molecule has 0 bridgehead atoms. The molecule has 1 aliphatic heterocycles. The molecule has 0 aliphatic carbocycles. The molecule has 9 nitrogen and oxygen atoms in total. The molecule has 36 heavy (non-hydrogen) atoms. The molecule has 3 N–H and O–H groups in total. The average Bonchev–Trinajstić information content (AvgIpc) is 2.85. The standard InChI is InChI=1S/C27H40N6O3/c1-4-5-14-32(24-25(28)33(19-21(2)3)27(36)29-26(24)35)23(34)20-31-17-15-30(16-18-31)13-9-12-22-10-7-6-8-11-22/h6-12,21H,4-5,13-20,28H2,1-3H3,(H,29,35,36)/b12-9+. The number of piperazine rings is 1. The zero-order chi connectivity index (χ0) is 26.1. The lowest BCUT2D eigenvalue weighted by Gasteiger charge is -2.35. The second-order valence-electron chi connectivity index (χ2n) is 9.79. The third-order valence-corrected chi connectivity index (χ3v) is 6.37. The van der Waals surface area contributed by atoms with E-state index < -0.39 is 11.2 Å². The van der Waals surface area contributed by atoms with Crippen LogP contribution < -0.4 is 21.9 Å². The fourth-order valence-corrected chi connectivity index (χ4v) is 4.37. The maximum Gasteiger partial charge on any atom is 0.330 e. The Balaban J connectivity index is 1.66. The Morgan fingerprint density at radius 1 is 1.11 bits per heavy atom. The molecule has 1 fully saturated rings. The van der Waals surface area contributed by atoms with E-state index in [0.29, 0.717) is 13.1 Å². The third-order valence-electron chi connectivity index (χ3n) is 6.37. The molecule has 2 heterocycles. The number of nitrogens with one attached hydrogen (secondary N) is 1. The van der Waals surface area contributed by atoms with Gasteiger partial charge < -0.3 is 10.6 Å². The molecule has 1 amide bonds. The minimum atomic E-state index is -0.614. The normalized spacial score (nSPS) is 15.1. The number of unbranched alkanes of at least 4 members (excludes halogenated alkanes) is 1. The number of rotatable bonds is 11. The average molecular weight is 497 g/mol. The number of carbonyl (C=O) groups excluding carboxylic acids is 1. The van der Waals surface area contributed by atoms with Gasteiger partial charge in [0.1, 0.15) is 5.82 Å². The smallest absolute Gasteiger partial charge is 0.330 e. The predicted molar refractivity (Wildman–Crippen MR) is 146 cm³/mol. The quantitative estimate of drug-likeness (QED) is 0.494. The molecule has 3 rings (SSSR count). The Hall–Kier alpha value is -3.17. The van der Waals surface area contributed by atoms with Crippen molar-refractivity contribution in [2.75, 3.05) is 56.4 Å². The molecule has 1 aromatic heterocycles. The van der Waals surface area contributed by atoms with Crippen molar-refractivity contribution in [1.29, 1.82) is 0 Å². The summed E-state index contributed by atoms with van der Waals surface area (Å²) < 4.78 is 1.36. The first-order chi connectivity index (χ1) is 17.3. The highest BCUT2D eigenvalue weighted by molar-refractivity contribution is 5.96. The number of H-pyrrole nitrogens is 1. The number of aromatic nitrogens is 2. The lowest BCUT2D eigenvalue weighted by molar-refractivity contribution is -0.120. The van der Waals surface area contributed by atoms with Crippen molar-refractivity contribution in [2.24, 2.45) is 5.92 Å². The van der Waals surface area contributed by atoms with Gasteiger partial charge in [-0.15, -0.1) is 0 Å². The second kappa shape index (κ2) is 13.2. The second-order valence-corrected chi connectivity index (χ2v) is 9.79. The van der Waals surface area contributed by atoms with Gasteiger partial charge in [-0.25, -0.2) is 4.79 Å². The van der Waals surface area contributed by atoms with E-state index in [2.05, 4.69) is 39.1 Å². The topological polar surface area (TPSA) is 108 Å². The lowest BCUT2D eigenvalue weighted by Crippen LogP contribution is -2.51. The molecular weight excluding hydrogens is 456 g/mol. The van der Waals surface area contributed by atoms with Gasteiger partial charge in [-0.1, -0.05) is 69.7 Å². The lowest BCUT2D eigenvalue weighted by atomic mass is 10.2. The van der Waals surface area contributed by atoms with Gasteiger partial charge in [-0.3, -0.25) is 28.9 Å². The van der Waals surface area contributed by atoms with Crippen molar-refractivity contribution in [3.8, 4) is 0 Å². The number of nitrogens with two attached hydrogens (primary N) is 1. The first-order valence-corrected chi connectivity index (χ1v) is 12.9. The van der Waals surface area contributed by atoms with Crippen LogP contribution in [-0.2, 0) is 11.3 Å². The number of aromatic amines is 1. The highest BCUT2D eigenvalue weighted by atomic mass is 16.2. The van der Waals surface area contributed by atoms with Crippen LogP contribution in [0.1, 0.15) is 39.2 Å². The molecule has 9 heteroatoms. The largest absolute Gasteiger partial charge is 0.383 e. The van der Waals surface area contributed by atoms with Crippen molar-refractivity contribution in [1.82, 2.24) is 19.4 Å². The summed E-state index contributed by atoms with van der Waals surface area (Å²) >= 11 is 0. The molecular formula is C27H40N6O3. The van der Waals surface area contributed by atoms with Crippen LogP contribution in [0.15, 0.2) is 46.0 Å². The summed E-state index contributed by atoms with van der Waals surface area (Å²) in [5.74, 6) is 0.0344. The van der Waals surface area contributed by atoms with Gasteiger partial charge in [-0.05, 0) is 17.9 Å². The van der Waals surface area contributed by atoms with Crippen LogP contribution in [0.5, 0.6) is 0 Å². The van der Waals surface area contributed by atoms with Crippen LogP contribution in [0.4, 0.5) is 11.5 Å². The molecule has 0 unspecified atom stereocenters. The Morgan fingerprint density at radius 2 is 1.78 bits per heavy atom. The van der Waals surface area contributed by atoms with E-state index in [4.69, 9.17) is 5.73 Å². The van der Waals surface area contributed by atoms with Crippen LogP contribution in [0.25, 0.3) is 6.08 Å². The Labute approximate surface area is 213 Å². The summed E-state index contributed by atoms with van der Waals surface area (Å²) in [6.45, 7) is 11.0. The van der Waals surface area contributed by atoms with Crippen LogP contribution in [0, 0.1) is 5.92 Å². The van der Waals surface area contributed by atoms with Crippen LogP contribution >= 0.6 is 0 Å². The summed E-state index contributed by atoms with van der Waals surface area (Å²) in [5.41, 5.74) is 6.41. The van der Waals surface area contributed by atoms with Crippen molar-refractivity contribution < 1.29 is 4.79 Å². The molecule has 1 aliphatic rings. The number of benzene rings is 1. The van der Waals surface area contributed by atoms with Gasteiger partial charge in [0, 0.05) is 45.8 Å². The van der Waals surface area contributed by atoms with E-state index >= 15 is 0 Å².